The van der Waals surface area contributed by atoms with Gasteiger partial charge in [-0.15, -0.1) is 11.8 Å². The van der Waals surface area contributed by atoms with Crippen LogP contribution in [0.2, 0.25) is 5.02 Å². The number of rotatable bonds is 5. The maximum atomic E-state index is 13.0. The third kappa shape index (κ3) is 4.65. The molecule has 1 fully saturated rings. The second-order valence-electron chi connectivity index (χ2n) is 7.17. The summed E-state index contributed by atoms with van der Waals surface area (Å²) in [6.45, 7) is 1.95. The highest BCUT2D eigenvalue weighted by Crippen LogP contribution is 2.35. The number of carbonyl (C=O) groups is 3. The minimum absolute atomic E-state index is 0.0878. The van der Waals surface area contributed by atoms with E-state index in [-0.39, 0.29) is 24.1 Å². The van der Waals surface area contributed by atoms with Crippen LogP contribution in [-0.4, -0.2) is 23.0 Å². The average Bonchev–Trinajstić information content (AvgIpc) is 3.04. The monoisotopic (exact) mass is 450 g/mol. The predicted octanol–water partition coefficient (Wildman–Crippen LogP) is 5.32. The van der Waals surface area contributed by atoms with Crippen molar-refractivity contribution in [1.29, 1.82) is 0 Å². The molecule has 1 aliphatic heterocycles. The number of amides is 3. The van der Waals surface area contributed by atoms with Crippen molar-refractivity contribution in [2.24, 2.45) is 0 Å². The van der Waals surface area contributed by atoms with Gasteiger partial charge in [0.25, 0.3) is 5.91 Å². The number of thioether (sulfide) groups is 1. The van der Waals surface area contributed by atoms with E-state index in [1.54, 1.807) is 60.7 Å². The van der Waals surface area contributed by atoms with E-state index in [1.165, 1.54) is 16.7 Å². The van der Waals surface area contributed by atoms with Gasteiger partial charge in [0.15, 0.2) is 0 Å². The van der Waals surface area contributed by atoms with Gasteiger partial charge in [-0.3, -0.25) is 14.4 Å². The second kappa shape index (κ2) is 8.96. The molecule has 0 saturated carbocycles. The molecule has 0 bridgehead atoms. The summed E-state index contributed by atoms with van der Waals surface area (Å²) in [5.74, 6) is -0.807. The Morgan fingerprint density at radius 2 is 1.68 bits per heavy atom. The summed E-state index contributed by atoms with van der Waals surface area (Å²) < 4.78 is 0. The van der Waals surface area contributed by atoms with Gasteiger partial charge in [-0.25, -0.2) is 4.90 Å². The van der Waals surface area contributed by atoms with Gasteiger partial charge in [0.1, 0.15) is 0 Å². The van der Waals surface area contributed by atoms with Gasteiger partial charge < -0.3 is 5.32 Å². The van der Waals surface area contributed by atoms with Gasteiger partial charge in [-0.05, 0) is 55.5 Å². The van der Waals surface area contributed by atoms with E-state index in [0.717, 1.165) is 5.56 Å². The zero-order valence-corrected chi connectivity index (χ0v) is 18.2. The zero-order valence-electron chi connectivity index (χ0n) is 16.7. The Morgan fingerprint density at radius 1 is 1.00 bits per heavy atom. The first kappa shape index (κ1) is 21.2. The van der Waals surface area contributed by atoms with Crippen molar-refractivity contribution in [3.05, 3.63) is 88.9 Å². The predicted molar refractivity (Wildman–Crippen MR) is 124 cm³/mol. The lowest BCUT2D eigenvalue weighted by Crippen LogP contribution is -2.31. The van der Waals surface area contributed by atoms with E-state index < -0.39 is 5.25 Å². The van der Waals surface area contributed by atoms with Gasteiger partial charge >= 0.3 is 0 Å². The van der Waals surface area contributed by atoms with Crippen LogP contribution < -0.4 is 10.2 Å². The summed E-state index contributed by atoms with van der Waals surface area (Å²) in [6.07, 6.45) is 0.0878. The van der Waals surface area contributed by atoms with Crippen LogP contribution in [0, 0.1) is 6.92 Å². The number of nitrogens with zero attached hydrogens (tertiary/aromatic N) is 1. The number of hydrogen-bond acceptors (Lipinski definition) is 4. The number of hydrogen-bond donors (Lipinski definition) is 1. The Hall–Kier alpha value is -3.09. The van der Waals surface area contributed by atoms with Crippen LogP contribution in [0.3, 0.4) is 0 Å². The summed E-state index contributed by atoms with van der Waals surface area (Å²) >= 11 is 7.13. The van der Waals surface area contributed by atoms with Crippen molar-refractivity contribution >= 4 is 52.5 Å². The van der Waals surface area contributed by atoms with Gasteiger partial charge in [0.2, 0.25) is 11.8 Å². The zero-order chi connectivity index (χ0) is 22.0. The van der Waals surface area contributed by atoms with Crippen LogP contribution in [0.5, 0.6) is 0 Å². The third-order valence-corrected chi connectivity index (χ3v) is 6.42. The van der Waals surface area contributed by atoms with Crippen LogP contribution >= 0.6 is 23.4 Å². The lowest BCUT2D eigenvalue weighted by molar-refractivity contribution is -0.121. The van der Waals surface area contributed by atoms with E-state index in [2.05, 4.69) is 5.32 Å². The summed E-state index contributed by atoms with van der Waals surface area (Å²) in [6, 6.07) is 21.2. The molecular formula is C24H19ClN2O3S. The molecule has 0 unspecified atom stereocenters. The van der Waals surface area contributed by atoms with Crippen molar-refractivity contribution in [1.82, 2.24) is 0 Å². The maximum Gasteiger partial charge on any atom is 0.256 e. The van der Waals surface area contributed by atoms with Crippen LogP contribution in [0.4, 0.5) is 11.4 Å². The molecule has 3 amide bonds. The molecule has 3 aromatic carbocycles. The average molecular weight is 451 g/mol. The molecule has 7 heteroatoms. The first-order valence-corrected chi connectivity index (χ1v) is 10.9. The van der Waals surface area contributed by atoms with Crippen molar-refractivity contribution in [2.75, 3.05) is 10.2 Å². The van der Waals surface area contributed by atoms with E-state index in [4.69, 9.17) is 11.6 Å². The Labute approximate surface area is 189 Å². The quantitative estimate of drug-likeness (QED) is 0.534. The number of imide groups is 1. The molecule has 156 valence electrons. The fourth-order valence-electron chi connectivity index (χ4n) is 3.30. The number of aryl methyl sites for hydroxylation is 1. The molecule has 4 rings (SSSR count). The Balaban J connectivity index is 1.53. The topological polar surface area (TPSA) is 66.5 Å². The summed E-state index contributed by atoms with van der Waals surface area (Å²) in [5, 5.41) is 2.83. The number of benzene rings is 3. The van der Waals surface area contributed by atoms with E-state index in [9.17, 15) is 14.4 Å². The molecule has 1 atom stereocenters. The molecule has 1 N–H and O–H groups in total. The number of anilines is 2. The molecule has 0 spiro atoms. The van der Waals surface area contributed by atoms with E-state index in [1.807, 2.05) is 19.1 Å². The molecule has 0 aromatic heterocycles. The normalized spacial score (nSPS) is 15.9. The Bertz CT molecular complexity index is 1150. The van der Waals surface area contributed by atoms with Crippen molar-refractivity contribution in [3.63, 3.8) is 0 Å². The molecule has 1 heterocycles. The highest BCUT2D eigenvalue weighted by atomic mass is 35.5. The minimum atomic E-state index is -0.585. The fraction of sp³-hybridized carbons (Fsp3) is 0.125. The van der Waals surface area contributed by atoms with E-state index in [0.29, 0.717) is 26.9 Å². The first-order chi connectivity index (χ1) is 14.9. The van der Waals surface area contributed by atoms with Crippen LogP contribution in [-0.2, 0) is 9.59 Å². The minimum Gasteiger partial charge on any atom is -0.322 e. The van der Waals surface area contributed by atoms with E-state index >= 15 is 0 Å². The molecule has 31 heavy (non-hydrogen) atoms. The number of nitrogens with one attached hydrogen (secondary N) is 1. The van der Waals surface area contributed by atoms with Gasteiger partial charge in [-0.1, -0.05) is 41.4 Å². The standard InChI is InChI=1S/C24H19ClN2O3S/c1-15-6-12-18(13-7-15)27-22(28)14-21(24(27)30)31-20-5-3-2-4-19(20)23(29)26-17-10-8-16(25)9-11-17/h2-13,21H,14H2,1H3,(H,26,29)/t21-/m1/s1. The van der Waals surface area contributed by atoms with Crippen molar-refractivity contribution in [2.45, 2.75) is 23.5 Å². The lowest BCUT2D eigenvalue weighted by Gasteiger charge is -2.16. The molecule has 1 aliphatic rings. The lowest BCUT2D eigenvalue weighted by atomic mass is 10.2. The van der Waals surface area contributed by atoms with Crippen LogP contribution in [0.1, 0.15) is 22.3 Å². The van der Waals surface area contributed by atoms with Crippen LogP contribution in [0.15, 0.2) is 77.7 Å². The highest BCUT2D eigenvalue weighted by molar-refractivity contribution is 8.00. The molecule has 0 aliphatic carbocycles. The highest BCUT2D eigenvalue weighted by Gasteiger charge is 2.40. The SMILES string of the molecule is Cc1ccc(N2C(=O)C[C@@H](Sc3ccccc3C(=O)Nc3ccc(Cl)cc3)C2=O)cc1. The summed E-state index contributed by atoms with van der Waals surface area (Å²) in [5.41, 5.74) is 2.68. The smallest absolute Gasteiger partial charge is 0.256 e. The molecule has 3 aromatic rings. The molecule has 5 nitrogen and oxygen atoms in total. The number of carbonyl (C=O) groups excluding carboxylic acids is 3. The Morgan fingerprint density at radius 3 is 2.39 bits per heavy atom. The van der Waals surface area contributed by atoms with Gasteiger partial charge in [0.05, 0.1) is 16.5 Å². The first-order valence-electron chi connectivity index (χ1n) is 9.68. The third-order valence-electron chi connectivity index (χ3n) is 4.90. The maximum absolute atomic E-state index is 13.0. The fourth-order valence-corrected chi connectivity index (χ4v) is 4.61. The van der Waals surface area contributed by atoms with Crippen LogP contribution in [0.25, 0.3) is 0 Å². The second-order valence-corrected chi connectivity index (χ2v) is 8.85. The van der Waals surface area contributed by atoms with Gasteiger partial charge in [0, 0.05) is 22.0 Å². The van der Waals surface area contributed by atoms with Crippen molar-refractivity contribution < 1.29 is 14.4 Å². The molecular weight excluding hydrogens is 432 g/mol. The Kier molecular flexibility index (Phi) is 6.11. The van der Waals surface area contributed by atoms with Crippen molar-refractivity contribution in [3.8, 4) is 0 Å². The van der Waals surface area contributed by atoms with Gasteiger partial charge in [-0.2, -0.15) is 0 Å². The molecule has 0 radical (unpaired) electrons. The largest absolute Gasteiger partial charge is 0.322 e. The molecule has 1 saturated heterocycles. The summed E-state index contributed by atoms with van der Waals surface area (Å²) in [4.78, 5) is 40.3. The summed E-state index contributed by atoms with van der Waals surface area (Å²) in [7, 11) is 0. The number of halogens is 1.